The van der Waals surface area contributed by atoms with Gasteiger partial charge in [-0.1, -0.05) is 44.2 Å². The van der Waals surface area contributed by atoms with Gasteiger partial charge in [-0.2, -0.15) is 0 Å². The van der Waals surface area contributed by atoms with Crippen molar-refractivity contribution in [2.75, 3.05) is 32.7 Å². The molecule has 10 heteroatoms. The molecule has 170 valence electrons. The summed E-state index contributed by atoms with van der Waals surface area (Å²) >= 11 is 0.843. The number of carbonyl (C=O) groups excluding carboxylic acids is 3. The minimum absolute atomic E-state index is 0.00722. The maximum Gasteiger partial charge on any atom is 0.324 e. The van der Waals surface area contributed by atoms with E-state index in [2.05, 4.69) is 26.1 Å². The Morgan fingerprint density at radius 3 is 2.12 bits per heavy atom. The van der Waals surface area contributed by atoms with E-state index >= 15 is 0 Å². The summed E-state index contributed by atoms with van der Waals surface area (Å²) < 4.78 is 0. The van der Waals surface area contributed by atoms with Crippen LogP contribution in [0.5, 0.6) is 0 Å². The predicted octanol–water partition coefficient (Wildman–Crippen LogP) is 2.67. The number of rotatable bonds is 5. The number of nitro groups is 1. The number of piperazine rings is 1. The lowest BCUT2D eigenvalue weighted by atomic mass is 9.87. The van der Waals surface area contributed by atoms with Gasteiger partial charge in [0.2, 0.25) is 5.91 Å². The van der Waals surface area contributed by atoms with E-state index in [-0.39, 0.29) is 34.7 Å². The van der Waals surface area contributed by atoms with Crippen molar-refractivity contribution in [3.8, 4) is 0 Å². The second kappa shape index (κ2) is 9.47. The summed E-state index contributed by atoms with van der Waals surface area (Å²) in [5, 5.41) is 13.4. The van der Waals surface area contributed by atoms with Gasteiger partial charge in [0, 0.05) is 37.8 Å². The molecule has 2 heterocycles. The van der Waals surface area contributed by atoms with Crippen molar-refractivity contribution >= 4 is 34.1 Å². The van der Waals surface area contributed by atoms with Crippen molar-refractivity contribution in [3.05, 3.63) is 62.5 Å². The first kappa shape index (κ1) is 23.4. The highest BCUT2D eigenvalue weighted by Gasteiger charge is 2.27. The maximum atomic E-state index is 12.5. The first-order valence-electron chi connectivity index (χ1n) is 10.3. The fourth-order valence-electron chi connectivity index (χ4n) is 3.35. The van der Waals surface area contributed by atoms with E-state index in [0.717, 1.165) is 16.9 Å². The van der Waals surface area contributed by atoms with E-state index in [1.807, 2.05) is 12.1 Å². The Kier molecular flexibility index (Phi) is 6.93. The van der Waals surface area contributed by atoms with Gasteiger partial charge in [-0.15, -0.1) is 0 Å². The molecular formula is C22H26N4O5S. The number of hydrogen-bond donors (Lipinski definition) is 1. The van der Waals surface area contributed by atoms with Crippen molar-refractivity contribution in [1.82, 2.24) is 15.1 Å². The molecular weight excluding hydrogens is 432 g/mol. The molecule has 0 aliphatic carbocycles. The Morgan fingerprint density at radius 2 is 1.59 bits per heavy atom. The van der Waals surface area contributed by atoms with Crippen LogP contribution in [0, 0.1) is 10.1 Å². The summed E-state index contributed by atoms with van der Waals surface area (Å²) in [6, 6.07) is 10.1. The minimum atomic E-state index is -0.523. The molecule has 0 spiro atoms. The largest absolute Gasteiger partial charge is 0.343 e. The third-order valence-corrected chi connectivity index (χ3v) is 6.34. The zero-order valence-corrected chi connectivity index (χ0v) is 19.1. The van der Waals surface area contributed by atoms with Gasteiger partial charge in [-0.25, -0.2) is 0 Å². The first-order chi connectivity index (χ1) is 15.1. The number of amides is 3. The topological polar surface area (TPSA) is 113 Å². The third kappa shape index (κ3) is 5.50. The average molecular weight is 459 g/mol. The van der Waals surface area contributed by atoms with E-state index in [4.69, 9.17) is 0 Å². The Bertz CT molecular complexity index is 1020. The highest BCUT2D eigenvalue weighted by Crippen LogP contribution is 2.25. The van der Waals surface area contributed by atoms with Crippen LogP contribution in [0.3, 0.4) is 0 Å². The second-order valence-corrected chi connectivity index (χ2v) is 9.64. The molecule has 3 amide bonds. The molecule has 1 saturated heterocycles. The molecule has 0 unspecified atom stereocenters. The van der Waals surface area contributed by atoms with Crippen LogP contribution >= 0.6 is 11.3 Å². The Labute approximate surface area is 190 Å². The number of hydrogen-bond acceptors (Lipinski definition) is 6. The van der Waals surface area contributed by atoms with Gasteiger partial charge in [-0.05, 0) is 29.2 Å². The number of nitrogens with one attached hydrogen (secondary N) is 1. The summed E-state index contributed by atoms with van der Waals surface area (Å²) in [7, 11) is 0. The standard InChI is InChI=1S/C22H26N4O5S/c1-22(2,3)16-6-4-15(5-7-16)20(28)23-14-18(27)24-10-12-25(13-11-24)21(29)17-8-9-19(32-17)26(30)31/h4-9H,10-14H2,1-3H3,(H,23,28). The summed E-state index contributed by atoms with van der Waals surface area (Å²) in [5.41, 5.74) is 1.60. The second-order valence-electron chi connectivity index (χ2n) is 8.58. The van der Waals surface area contributed by atoms with Crippen LogP contribution in [0.2, 0.25) is 0 Å². The van der Waals surface area contributed by atoms with E-state index in [1.165, 1.54) is 12.1 Å². The molecule has 32 heavy (non-hydrogen) atoms. The number of carbonyl (C=O) groups is 3. The van der Waals surface area contributed by atoms with Crippen LogP contribution in [0.4, 0.5) is 5.00 Å². The molecule has 3 rings (SSSR count). The third-order valence-electron chi connectivity index (χ3n) is 5.32. The lowest BCUT2D eigenvalue weighted by molar-refractivity contribution is -0.380. The lowest BCUT2D eigenvalue weighted by Gasteiger charge is -2.34. The molecule has 2 aromatic rings. The SMILES string of the molecule is CC(C)(C)c1ccc(C(=O)NCC(=O)N2CCN(C(=O)c3ccc([N+](=O)[O-])s3)CC2)cc1. The molecule has 0 radical (unpaired) electrons. The predicted molar refractivity (Wildman–Crippen MR) is 121 cm³/mol. The molecule has 0 atom stereocenters. The van der Waals surface area contributed by atoms with Crippen LogP contribution in [0.15, 0.2) is 36.4 Å². The van der Waals surface area contributed by atoms with E-state index in [0.29, 0.717) is 36.6 Å². The van der Waals surface area contributed by atoms with Crippen LogP contribution in [0.1, 0.15) is 46.4 Å². The molecule has 9 nitrogen and oxygen atoms in total. The molecule has 1 aliphatic rings. The molecule has 1 aromatic carbocycles. The highest BCUT2D eigenvalue weighted by molar-refractivity contribution is 7.17. The van der Waals surface area contributed by atoms with E-state index in [9.17, 15) is 24.5 Å². The molecule has 1 fully saturated rings. The monoisotopic (exact) mass is 458 g/mol. The van der Waals surface area contributed by atoms with Gasteiger partial charge in [0.25, 0.3) is 11.8 Å². The fraction of sp³-hybridized carbons (Fsp3) is 0.409. The van der Waals surface area contributed by atoms with Crippen molar-refractivity contribution in [1.29, 1.82) is 0 Å². The lowest BCUT2D eigenvalue weighted by Crippen LogP contribution is -2.52. The number of nitrogens with zero attached hydrogens (tertiary/aromatic N) is 3. The fourth-order valence-corrected chi connectivity index (χ4v) is 4.14. The van der Waals surface area contributed by atoms with Gasteiger partial charge < -0.3 is 15.1 Å². The quantitative estimate of drug-likeness (QED) is 0.547. The summed E-state index contributed by atoms with van der Waals surface area (Å²) in [6.07, 6.45) is 0. The first-order valence-corrected chi connectivity index (χ1v) is 11.1. The van der Waals surface area contributed by atoms with Gasteiger partial charge in [-0.3, -0.25) is 24.5 Å². The van der Waals surface area contributed by atoms with Gasteiger partial charge in [0.15, 0.2) is 0 Å². The average Bonchev–Trinajstić information content (AvgIpc) is 3.27. The molecule has 0 bridgehead atoms. The Morgan fingerprint density at radius 1 is 1.00 bits per heavy atom. The molecule has 1 N–H and O–H groups in total. The summed E-state index contributed by atoms with van der Waals surface area (Å²) in [6.45, 7) is 7.51. The van der Waals surface area contributed by atoms with Gasteiger partial charge in [0.1, 0.15) is 0 Å². The number of thiophene rings is 1. The van der Waals surface area contributed by atoms with Crippen molar-refractivity contribution in [3.63, 3.8) is 0 Å². The van der Waals surface area contributed by atoms with Crippen LogP contribution in [0.25, 0.3) is 0 Å². The molecule has 1 aliphatic heterocycles. The zero-order valence-electron chi connectivity index (χ0n) is 18.3. The normalized spacial score (nSPS) is 14.2. The van der Waals surface area contributed by atoms with Crippen LogP contribution in [-0.4, -0.2) is 65.2 Å². The minimum Gasteiger partial charge on any atom is -0.343 e. The van der Waals surface area contributed by atoms with Crippen molar-refractivity contribution in [2.24, 2.45) is 0 Å². The summed E-state index contributed by atoms with van der Waals surface area (Å²) in [5.74, 6) is -0.808. The van der Waals surface area contributed by atoms with Crippen LogP contribution in [-0.2, 0) is 10.2 Å². The Hall–Kier alpha value is -3.27. The summed E-state index contributed by atoms with van der Waals surface area (Å²) in [4.78, 5) is 51.1. The number of benzene rings is 1. The zero-order chi connectivity index (χ0) is 23.5. The molecule has 0 saturated carbocycles. The van der Waals surface area contributed by atoms with Gasteiger partial charge in [0.05, 0.1) is 16.3 Å². The van der Waals surface area contributed by atoms with Gasteiger partial charge >= 0.3 is 5.00 Å². The molecule has 1 aromatic heterocycles. The van der Waals surface area contributed by atoms with Crippen LogP contribution < -0.4 is 5.32 Å². The van der Waals surface area contributed by atoms with E-state index in [1.54, 1.807) is 21.9 Å². The smallest absolute Gasteiger partial charge is 0.324 e. The van der Waals surface area contributed by atoms with Crippen molar-refractivity contribution in [2.45, 2.75) is 26.2 Å². The highest BCUT2D eigenvalue weighted by atomic mass is 32.1. The van der Waals surface area contributed by atoms with E-state index < -0.39 is 4.92 Å². The Balaban J connectivity index is 1.47. The van der Waals surface area contributed by atoms with Crippen molar-refractivity contribution < 1.29 is 19.3 Å². The maximum absolute atomic E-state index is 12.5.